The first-order valence-corrected chi connectivity index (χ1v) is 2.96. The summed E-state index contributed by atoms with van der Waals surface area (Å²) in [5.74, 6) is -0.0517. The van der Waals surface area contributed by atoms with Crippen molar-refractivity contribution in [3.8, 4) is 0 Å². The summed E-state index contributed by atoms with van der Waals surface area (Å²) in [6.45, 7) is 0.0902. The van der Waals surface area contributed by atoms with Gasteiger partial charge in [0, 0.05) is 6.42 Å². The molecule has 1 atom stereocenters. The van der Waals surface area contributed by atoms with Crippen LogP contribution in [0.2, 0.25) is 0 Å². The number of ketones is 1. The summed E-state index contributed by atoms with van der Waals surface area (Å²) in [5.41, 5.74) is 0. The van der Waals surface area contributed by atoms with Gasteiger partial charge in [0.2, 0.25) is 6.41 Å². The number of amides is 1. The van der Waals surface area contributed by atoms with E-state index in [0.717, 1.165) is 0 Å². The number of hydrogen-bond donors (Lipinski definition) is 0. The molecule has 0 aliphatic carbocycles. The van der Waals surface area contributed by atoms with Crippen molar-refractivity contribution in [2.75, 3.05) is 6.54 Å². The molecule has 54 valence electrons. The lowest BCUT2D eigenvalue weighted by Crippen LogP contribution is -2.28. The van der Waals surface area contributed by atoms with Crippen LogP contribution in [0.25, 0.3) is 0 Å². The first-order valence-electron chi connectivity index (χ1n) is 2.96. The molecule has 1 heterocycles. The monoisotopic (exact) mass is 141 g/mol. The Morgan fingerprint density at radius 2 is 2.20 bits per heavy atom. The van der Waals surface area contributed by atoms with Crippen LogP contribution in [-0.2, 0) is 14.4 Å². The maximum absolute atomic E-state index is 10.6. The quantitative estimate of drug-likeness (QED) is 0.463. The van der Waals surface area contributed by atoms with Crippen LogP contribution in [0.5, 0.6) is 0 Å². The van der Waals surface area contributed by atoms with Crippen LogP contribution < -0.4 is 0 Å². The normalized spacial score (nSPS) is 25.0. The molecule has 1 fully saturated rings. The third-order valence-electron chi connectivity index (χ3n) is 1.51. The van der Waals surface area contributed by atoms with Gasteiger partial charge in [0.15, 0.2) is 5.78 Å². The lowest BCUT2D eigenvalue weighted by Gasteiger charge is -2.10. The van der Waals surface area contributed by atoms with E-state index in [-0.39, 0.29) is 18.7 Å². The minimum atomic E-state index is -0.509. The Labute approximate surface area is 57.8 Å². The van der Waals surface area contributed by atoms with E-state index < -0.39 is 6.04 Å². The molecule has 1 amide bonds. The van der Waals surface area contributed by atoms with Gasteiger partial charge in [-0.1, -0.05) is 0 Å². The van der Waals surface area contributed by atoms with Crippen molar-refractivity contribution in [1.29, 1.82) is 0 Å². The number of likely N-dealkylation sites (tertiary alicyclic amines) is 1. The molecular weight excluding hydrogens is 134 g/mol. The number of Topliss-reactive ketones (excluding diaryl/α,β-unsaturated/α-hetero) is 1. The number of rotatable bonds is 2. The standard InChI is InChI=1S/C6H7NO3/c8-3-5-1-6(10)2-7(5)4-9/h3-5H,1-2H2/t5-/m0/s1. The number of nitrogens with zero attached hydrogens (tertiary/aromatic N) is 1. The van der Waals surface area contributed by atoms with Crippen molar-refractivity contribution in [3.63, 3.8) is 0 Å². The molecule has 0 bridgehead atoms. The Balaban J connectivity index is 2.65. The van der Waals surface area contributed by atoms with E-state index in [1.54, 1.807) is 0 Å². The number of carbonyl (C=O) groups excluding carboxylic acids is 3. The second kappa shape index (κ2) is 2.60. The van der Waals surface area contributed by atoms with E-state index in [2.05, 4.69) is 0 Å². The van der Waals surface area contributed by atoms with Crippen molar-refractivity contribution in [3.05, 3.63) is 0 Å². The molecule has 4 nitrogen and oxygen atoms in total. The largest absolute Gasteiger partial charge is 0.328 e. The summed E-state index contributed by atoms with van der Waals surface area (Å²) in [7, 11) is 0. The molecular formula is C6H7NO3. The summed E-state index contributed by atoms with van der Waals surface area (Å²) in [4.78, 5) is 32.1. The van der Waals surface area contributed by atoms with E-state index >= 15 is 0 Å². The Morgan fingerprint density at radius 3 is 2.60 bits per heavy atom. The second-order valence-corrected chi connectivity index (χ2v) is 2.22. The van der Waals surface area contributed by atoms with Crippen molar-refractivity contribution in [2.45, 2.75) is 12.5 Å². The fourth-order valence-electron chi connectivity index (χ4n) is 0.978. The van der Waals surface area contributed by atoms with Gasteiger partial charge in [-0.25, -0.2) is 0 Å². The topological polar surface area (TPSA) is 54.5 Å². The van der Waals surface area contributed by atoms with Crippen LogP contribution in [0, 0.1) is 0 Å². The van der Waals surface area contributed by atoms with Gasteiger partial charge in [-0.15, -0.1) is 0 Å². The van der Waals surface area contributed by atoms with Gasteiger partial charge in [0.05, 0.1) is 12.6 Å². The highest BCUT2D eigenvalue weighted by molar-refractivity contribution is 5.90. The molecule has 0 saturated carbocycles. The molecule has 1 saturated heterocycles. The van der Waals surface area contributed by atoms with E-state index in [4.69, 9.17) is 0 Å². The maximum atomic E-state index is 10.6. The smallest absolute Gasteiger partial charge is 0.210 e. The lowest BCUT2D eigenvalue weighted by atomic mass is 10.2. The number of aldehydes is 1. The first kappa shape index (κ1) is 6.92. The number of carbonyl (C=O) groups is 3. The zero-order chi connectivity index (χ0) is 7.56. The molecule has 0 unspecified atom stereocenters. The van der Waals surface area contributed by atoms with Crippen LogP contribution in [0.1, 0.15) is 6.42 Å². The molecule has 4 heteroatoms. The van der Waals surface area contributed by atoms with Gasteiger partial charge >= 0.3 is 0 Å². The van der Waals surface area contributed by atoms with Crippen LogP contribution in [0.15, 0.2) is 0 Å². The predicted molar refractivity (Wildman–Crippen MR) is 32.2 cm³/mol. The Kier molecular flexibility index (Phi) is 1.80. The van der Waals surface area contributed by atoms with E-state index in [1.807, 2.05) is 0 Å². The van der Waals surface area contributed by atoms with Crippen LogP contribution in [-0.4, -0.2) is 36.0 Å². The first-order chi connectivity index (χ1) is 4.77. The molecule has 0 N–H and O–H groups in total. The van der Waals surface area contributed by atoms with Gasteiger partial charge in [-0.05, 0) is 0 Å². The van der Waals surface area contributed by atoms with Crippen molar-refractivity contribution in [2.24, 2.45) is 0 Å². The molecule has 0 aromatic rings. The van der Waals surface area contributed by atoms with Gasteiger partial charge < -0.3 is 9.69 Å². The molecule has 0 aromatic carbocycles. The van der Waals surface area contributed by atoms with Gasteiger partial charge in [-0.3, -0.25) is 9.59 Å². The predicted octanol–water partition coefficient (Wildman–Crippen LogP) is -1.01. The van der Waals surface area contributed by atoms with E-state index in [0.29, 0.717) is 12.7 Å². The Bertz CT molecular complexity index is 160. The summed E-state index contributed by atoms with van der Waals surface area (Å²) in [5, 5.41) is 0. The molecule has 1 aliphatic heterocycles. The molecule has 1 rings (SSSR count). The highest BCUT2D eigenvalue weighted by Crippen LogP contribution is 2.08. The Morgan fingerprint density at radius 1 is 1.50 bits per heavy atom. The van der Waals surface area contributed by atoms with Crippen molar-refractivity contribution < 1.29 is 14.4 Å². The molecule has 0 aromatic heterocycles. The average molecular weight is 141 g/mol. The minimum absolute atomic E-state index is 0.0517. The summed E-state index contributed by atoms with van der Waals surface area (Å²) < 4.78 is 0. The minimum Gasteiger partial charge on any atom is -0.328 e. The fourth-order valence-corrected chi connectivity index (χ4v) is 0.978. The second-order valence-electron chi connectivity index (χ2n) is 2.22. The number of hydrogen-bond acceptors (Lipinski definition) is 3. The van der Waals surface area contributed by atoms with Gasteiger partial charge in [-0.2, -0.15) is 0 Å². The lowest BCUT2D eigenvalue weighted by molar-refractivity contribution is -0.124. The van der Waals surface area contributed by atoms with Crippen LogP contribution in [0.4, 0.5) is 0 Å². The maximum Gasteiger partial charge on any atom is 0.210 e. The van der Waals surface area contributed by atoms with Crippen LogP contribution in [0.3, 0.4) is 0 Å². The summed E-state index contributed by atoms with van der Waals surface area (Å²) >= 11 is 0. The average Bonchev–Trinajstić information content (AvgIpc) is 2.30. The van der Waals surface area contributed by atoms with Crippen LogP contribution >= 0.6 is 0 Å². The third-order valence-corrected chi connectivity index (χ3v) is 1.51. The van der Waals surface area contributed by atoms with Crippen molar-refractivity contribution >= 4 is 18.5 Å². The van der Waals surface area contributed by atoms with Gasteiger partial charge in [0.1, 0.15) is 6.29 Å². The summed E-state index contributed by atoms with van der Waals surface area (Å²) in [6, 6.07) is -0.509. The molecule has 0 radical (unpaired) electrons. The highest BCUT2D eigenvalue weighted by Gasteiger charge is 2.28. The Hall–Kier alpha value is -1.19. The van der Waals surface area contributed by atoms with Crippen molar-refractivity contribution in [1.82, 2.24) is 4.90 Å². The summed E-state index contributed by atoms with van der Waals surface area (Å²) in [6.07, 6.45) is 1.34. The third kappa shape index (κ3) is 1.05. The highest BCUT2D eigenvalue weighted by atomic mass is 16.2. The zero-order valence-corrected chi connectivity index (χ0v) is 5.32. The zero-order valence-electron chi connectivity index (χ0n) is 5.32. The van der Waals surface area contributed by atoms with E-state index in [9.17, 15) is 14.4 Å². The molecule has 1 aliphatic rings. The molecule has 10 heavy (non-hydrogen) atoms. The van der Waals surface area contributed by atoms with E-state index in [1.165, 1.54) is 4.90 Å². The SMILES string of the molecule is O=C[C@@H]1CC(=O)CN1C=O. The van der Waals surface area contributed by atoms with Gasteiger partial charge in [0.25, 0.3) is 0 Å². The molecule has 0 spiro atoms. The fraction of sp³-hybridized carbons (Fsp3) is 0.500.